The Bertz CT molecular complexity index is 377. The van der Waals surface area contributed by atoms with Gasteiger partial charge in [-0.15, -0.1) is 0 Å². The molecule has 1 unspecified atom stereocenters. The van der Waals surface area contributed by atoms with E-state index in [1.807, 2.05) is 18.2 Å². The third-order valence-electron chi connectivity index (χ3n) is 2.20. The fraction of sp³-hybridized carbons (Fsp3) is 0.333. The molecule has 0 saturated carbocycles. The molecule has 1 rings (SSSR count). The van der Waals surface area contributed by atoms with Crippen LogP contribution in [-0.2, 0) is 19.1 Å². The topological polar surface area (TPSA) is 64.6 Å². The molecule has 0 amide bonds. The molecular weight excluding hydrogens is 222 g/mol. The van der Waals surface area contributed by atoms with Crippen molar-refractivity contribution in [1.29, 1.82) is 0 Å². The van der Waals surface area contributed by atoms with Crippen molar-refractivity contribution in [2.75, 3.05) is 19.5 Å². The third-order valence-corrected chi connectivity index (χ3v) is 2.20. The van der Waals surface area contributed by atoms with E-state index in [9.17, 15) is 9.59 Å². The zero-order valence-electron chi connectivity index (χ0n) is 9.80. The van der Waals surface area contributed by atoms with E-state index in [2.05, 4.69) is 14.8 Å². The van der Waals surface area contributed by atoms with Crippen LogP contribution in [0.1, 0.15) is 6.42 Å². The molecule has 0 saturated heterocycles. The van der Waals surface area contributed by atoms with Gasteiger partial charge in [-0.2, -0.15) is 0 Å². The first-order valence-electron chi connectivity index (χ1n) is 5.13. The van der Waals surface area contributed by atoms with Crippen molar-refractivity contribution in [2.24, 2.45) is 0 Å². The van der Waals surface area contributed by atoms with Crippen molar-refractivity contribution in [3.8, 4) is 0 Å². The normalized spacial score (nSPS) is 11.4. The second-order valence-electron chi connectivity index (χ2n) is 3.37. The minimum atomic E-state index is -0.741. The maximum absolute atomic E-state index is 11.5. The van der Waals surface area contributed by atoms with E-state index < -0.39 is 18.0 Å². The smallest absolute Gasteiger partial charge is 0.328 e. The van der Waals surface area contributed by atoms with Crippen LogP contribution in [0.4, 0.5) is 5.69 Å². The maximum atomic E-state index is 11.5. The lowest BCUT2D eigenvalue weighted by molar-refractivity contribution is -0.148. The number of esters is 2. The van der Waals surface area contributed by atoms with Crippen molar-refractivity contribution in [3.63, 3.8) is 0 Å². The Morgan fingerprint density at radius 2 is 1.82 bits per heavy atom. The Morgan fingerprint density at radius 1 is 1.18 bits per heavy atom. The number of methoxy groups -OCH3 is 2. The highest BCUT2D eigenvalue weighted by Crippen LogP contribution is 2.10. The number of rotatable bonds is 5. The summed E-state index contributed by atoms with van der Waals surface area (Å²) < 4.78 is 9.15. The highest BCUT2D eigenvalue weighted by molar-refractivity contribution is 5.85. The summed E-state index contributed by atoms with van der Waals surface area (Å²) in [6, 6.07) is 8.37. The number of para-hydroxylation sites is 1. The Balaban J connectivity index is 2.70. The Kier molecular flexibility index (Phi) is 5.00. The van der Waals surface area contributed by atoms with E-state index in [-0.39, 0.29) is 6.42 Å². The fourth-order valence-electron chi connectivity index (χ4n) is 1.32. The first-order chi connectivity index (χ1) is 8.17. The summed E-state index contributed by atoms with van der Waals surface area (Å²) in [5.74, 6) is -0.969. The predicted octanol–water partition coefficient (Wildman–Crippen LogP) is 1.20. The summed E-state index contributed by atoms with van der Waals surface area (Å²) in [6.45, 7) is 0. The summed E-state index contributed by atoms with van der Waals surface area (Å²) in [5, 5.41) is 2.92. The molecule has 0 radical (unpaired) electrons. The molecule has 92 valence electrons. The number of nitrogens with one attached hydrogen (secondary N) is 1. The zero-order chi connectivity index (χ0) is 12.7. The van der Waals surface area contributed by atoms with Crippen LogP contribution in [0.3, 0.4) is 0 Å². The van der Waals surface area contributed by atoms with Gasteiger partial charge in [-0.3, -0.25) is 4.79 Å². The van der Waals surface area contributed by atoms with Gasteiger partial charge in [-0.25, -0.2) is 4.79 Å². The van der Waals surface area contributed by atoms with Crippen LogP contribution >= 0.6 is 0 Å². The van der Waals surface area contributed by atoms with Gasteiger partial charge < -0.3 is 14.8 Å². The van der Waals surface area contributed by atoms with Crippen LogP contribution in [0.25, 0.3) is 0 Å². The van der Waals surface area contributed by atoms with Crippen LogP contribution in [-0.4, -0.2) is 32.2 Å². The molecule has 0 spiro atoms. The van der Waals surface area contributed by atoms with Gasteiger partial charge in [0.2, 0.25) is 0 Å². The van der Waals surface area contributed by atoms with Crippen LogP contribution in [0.15, 0.2) is 30.3 Å². The van der Waals surface area contributed by atoms with Gasteiger partial charge in [-0.1, -0.05) is 18.2 Å². The number of benzene rings is 1. The number of carbonyl (C=O) groups is 2. The minimum absolute atomic E-state index is 0.0714. The lowest BCUT2D eigenvalue weighted by atomic mass is 10.2. The van der Waals surface area contributed by atoms with E-state index in [1.165, 1.54) is 14.2 Å². The second kappa shape index (κ2) is 6.52. The van der Waals surface area contributed by atoms with Crippen molar-refractivity contribution in [1.82, 2.24) is 0 Å². The number of hydrogen-bond donors (Lipinski definition) is 1. The zero-order valence-corrected chi connectivity index (χ0v) is 9.80. The molecule has 0 aliphatic rings. The largest absolute Gasteiger partial charge is 0.469 e. The number of carbonyl (C=O) groups excluding carboxylic acids is 2. The maximum Gasteiger partial charge on any atom is 0.328 e. The van der Waals surface area contributed by atoms with Crippen LogP contribution < -0.4 is 5.32 Å². The van der Waals surface area contributed by atoms with Crippen molar-refractivity contribution >= 4 is 17.6 Å². The molecule has 1 aromatic carbocycles. The van der Waals surface area contributed by atoms with Crippen LogP contribution in [0.5, 0.6) is 0 Å². The van der Waals surface area contributed by atoms with Gasteiger partial charge in [-0.05, 0) is 12.1 Å². The lowest BCUT2D eigenvalue weighted by Crippen LogP contribution is -2.33. The predicted molar refractivity (Wildman–Crippen MR) is 62.5 cm³/mol. The van der Waals surface area contributed by atoms with E-state index in [0.717, 1.165) is 5.69 Å². The molecule has 0 heterocycles. The van der Waals surface area contributed by atoms with E-state index >= 15 is 0 Å². The molecule has 0 fully saturated rings. The van der Waals surface area contributed by atoms with Crippen molar-refractivity contribution in [2.45, 2.75) is 12.5 Å². The standard InChI is InChI=1S/C12H15NO4/c1-16-11(14)8-10(12(15)17-2)13-9-6-4-3-5-7-9/h3-7,10,13H,8H2,1-2H3. The average molecular weight is 237 g/mol. The summed E-state index contributed by atoms with van der Waals surface area (Å²) in [5.41, 5.74) is 0.742. The molecule has 0 aliphatic heterocycles. The fourth-order valence-corrected chi connectivity index (χ4v) is 1.32. The summed E-state index contributed by atoms with van der Waals surface area (Å²) in [6.07, 6.45) is -0.0714. The van der Waals surface area contributed by atoms with Crippen LogP contribution in [0, 0.1) is 0 Å². The Labute approximate surface area is 99.7 Å². The molecular formula is C12H15NO4. The molecule has 17 heavy (non-hydrogen) atoms. The van der Waals surface area contributed by atoms with Crippen molar-refractivity contribution < 1.29 is 19.1 Å². The minimum Gasteiger partial charge on any atom is -0.469 e. The Hall–Kier alpha value is -2.04. The van der Waals surface area contributed by atoms with E-state index in [0.29, 0.717) is 0 Å². The third kappa shape index (κ3) is 4.14. The highest BCUT2D eigenvalue weighted by Gasteiger charge is 2.22. The SMILES string of the molecule is COC(=O)CC(Nc1ccccc1)C(=O)OC. The quantitative estimate of drug-likeness (QED) is 0.780. The van der Waals surface area contributed by atoms with E-state index in [1.54, 1.807) is 12.1 Å². The Morgan fingerprint density at radius 3 is 2.35 bits per heavy atom. The van der Waals surface area contributed by atoms with Gasteiger partial charge in [0, 0.05) is 5.69 Å². The molecule has 0 aliphatic carbocycles. The molecule has 5 heteroatoms. The van der Waals surface area contributed by atoms with Crippen LogP contribution in [0.2, 0.25) is 0 Å². The molecule has 0 aromatic heterocycles. The van der Waals surface area contributed by atoms with Gasteiger partial charge in [0.15, 0.2) is 0 Å². The van der Waals surface area contributed by atoms with Gasteiger partial charge in [0.1, 0.15) is 6.04 Å². The van der Waals surface area contributed by atoms with Gasteiger partial charge in [0.05, 0.1) is 20.6 Å². The van der Waals surface area contributed by atoms with Gasteiger partial charge in [0.25, 0.3) is 0 Å². The first kappa shape index (κ1) is 13.0. The second-order valence-corrected chi connectivity index (χ2v) is 3.37. The molecule has 0 bridgehead atoms. The molecule has 1 aromatic rings. The number of ether oxygens (including phenoxy) is 2. The van der Waals surface area contributed by atoms with E-state index in [4.69, 9.17) is 0 Å². The lowest BCUT2D eigenvalue weighted by Gasteiger charge is -2.16. The summed E-state index contributed by atoms with van der Waals surface area (Å²) >= 11 is 0. The first-order valence-corrected chi connectivity index (χ1v) is 5.13. The number of hydrogen-bond acceptors (Lipinski definition) is 5. The molecule has 1 N–H and O–H groups in total. The monoisotopic (exact) mass is 237 g/mol. The highest BCUT2D eigenvalue weighted by atomic mass is 16.5. The van der Waals surface area contributed by atoms with Gasteiger partial charge >= 0.3 is 11.9 Å². The van der Waals surface area contributed by atoms with Crippen molar-refractivity contribution in [3.05, 3.63) is 30.3 Å². The average Bonchev–Trinajstić information content (AvgIpc) is 2.38. The molecule has 1 atom stereocenters. The molecule has 5 nitrogen and oxygen atoms in total. The summed E-state index contributed by atoms with van der Waals surface area (Å²) in [4.78, 5) is 22.6. The summed E-state index contributed by atoms with van der Waals surface area (Å²) in [7, 11) is 2.55. The number of anilines is 1.